The minimum atomic E-state index is -1.38. The maximum Gasteiger partial charge on any atom is 0.227 e. The van der Waals surface area contributed by atoms with Gasteiger partial charge < -0.3 is 0 Å². The second-order valence-electron chi connectivity index (χ2n) is 13.7. The zero-order valence-electron chi connectivity index (χ0n) is 29.4. The minimum Gasteiger partial charge on any atom is -0.243 e. The van der Waals surface area contributed by atoms with Crippen molar-refractivity contribution in [1.29, 1.82) is 0 Å². The van der Waals surface area contributed by atoms with E-state index in [9.17, 15) is 0 Å². The summed E-state index contributed by atoms with van der Waals surface area (Å²) in [6.45, 7) is 0. The predicted molar refractivity (Wildman–Crippen MR) is 223 cm³/mol. The van der Waals surface area contributed by atoms with Gasteiger partial charge in [0.15, 0.2) is 0 Å². The van der Waals surface area contributed by atoms with E-state index in [1.165, 1.54) is 0 Å². The molecule has 2 aliphatic rings. The van der Waals surface area contributed by atoms with Gasteiger partial charge in [-0.25, -0.2) is 20.0 Å². The summed E-state index contributed by atoms with van der Waals surface area (Å²) < 4.78 is 0. The monoisotopic (exact) mass is 690 g/mol. The minimum absolute atomic E-state index is 0.800. The van der Waals surface area contributed by atoms with Gasteiger partial charge in [0.1, 0.15) is 0 Å². The van der Waals surface area contributed by atoms with Gasteiger partial charge in [-0.2, -0.15) is 0 Å². The molecule has 4 heteroatoms. The molecule has 0 fully saturated rings. The maximum absolute atomic E-state index is 5.96. The Morgan fingerprint density at radius 2 is 0.500 bits per heavy atom. The van der Waals surface area contributed by atoms with E-state index in [1.54, 1.807) is 0 Å². The van der Waals surface area contributed by atoms with Crippen LogP contribution in [0.3, 0.4) is 0 Å². The SMILES string of the molecule is c1ccc(C2=NC(c3cccc4ccccc34)(C3(c4cccc5ccccc45)N=C(c4ccccc4)C(c4ccccc4)=N3)N=C2c2ccccc2)cc1. The van der Waals surface area contributed by atoms with Crippen LogP contribution in [0.4, 0.5) is 0 Å². The molecule has 0 aliphatic carbocycles. The third-order valence-electron chi connectivity index (χ3n) is 10.5. The first kappa shape index (κ1) is 31.7. The first-order chi connectivity index (χ1) is 26.7. The molecule has 0 spiro atoms. The average molecular weight is 691 g/mol. The summed E-state index contributed by atoms with van der Waals surface area (Å²) in [5.74, 6) is 0. The molecule has 0 unspecified atom stereocenters. The van der Waals surface area contributed by atoms with Crippen LogP contribution in [-0.4, -0.2) is 22.8 Å². The van der Waals surface area contributed by atoms with Crippen LogP contribution >= 0.6 is 0 Å². The highest BCUT2D eigenvalue weighted by atomic mass is 15.3. The molecule has 0 bridgehead atoms. The average Bonchev–Trinajstić information content (AvgIpc) is 3.87. The number of fused-ring (bicyclic) bond motifs is 2. The predicted octanol–water partition coefficient (Wildman–Crippen LogP) is 11.0. The lowest BCUT2D eigenvalue weighted by Gasteiger charge is -2.39. The van der Waals surface area contributed by atoms with Crippen molar-refractivity contribution in [2.24, 2.45) is 20.0 Å². The van der Waals surface area contributed by atoms with Crippen molar-refractivity contribution < 1.29 is 0 Å². The lowest BCUT2D eigenvalue weighted by atomic mass is 9.78. The van der Waals surface area contributed by atoms with E-state index in [0.717, 1.165) is 77.8 Å². The molecule has 0 saturated heterocycles. The van der Waals surface area contributed by atoms with Gasteiger partial charge in [-0.1, -0.05) is 206 Å². The Labute approximate surface area is 314 Å². The molecule has 2 heterocycles. The van der Waals surface area contributed by atoms with Gasteiger partial charge in [0.25, 0.3) is 0 Å². The molecular weight excluding hydrogens is 657 g/mol. The van der Waals surface area contributed by atoms with E-state index in [4.69, 9.17) is 20.0 Å². The fraction of sp³-hybridized carbons (Fsp3) is 0.0400. The Hall–Kier alpha value is -7.04. The summed E-state index contributed by atoms with van der Waals surface area (Å²) in [6.07, 6.45) is 0. The highest BCUT2D eigenvalue weighted by molar-refractivity contribution is 6.56. The third-order valence-corrected chi connectivity index (χ3v) is 10.5. The number of benzene rings is 8. The topological polar surface area (TPSA) is 49.4 Å². The number of nitrogens with zero attached hydrogens (tertiary/aromatic N) is 4. The van der Waals surface area contributed by atoms with Gasteiger partial charge in [-0.15, -0.1) is 0 Å². The second kappa shape index (κ2) is 12.9. The maximum atomic E-state index is 5.96. The summed E-state index contributed by atoms with van der Waals surface area (Å²) in [5.41, 5.74) is 6.22. The molecule has 10 rings (SSSR count). The van der Waals surface area contributed by atoms with Crippen LogP contribution in [0, 0.1) is 0 Å². The van der Waals surface area contributed by atoms with Gasteiger partial charge in [-0.05, 0) is 21.5 Å². The molecule has 0 amide bonds. The highest BCUT2D eigenvalue weighted by Crippen LogP contribution is 2.56. The molecule has 0 radical (unpaired) electrons. The fourth-order valence-corrected chi connectivity index (χ4v) is 8.09. The lowest BCUT2D eigenvalue weighted by molar-refractivity contribution is 0.261. The van der Waals surface area contributed by atoms with Crippen molar-refractivity contribution in [1.82, 2.24) is 0 Å². The van der Waals surface area contributed by atoms with Crippen LogP contribution in [0.15, 0.2) is 226 Å². The van der Waals surface area contributed by atoms with E-state index < -0.39 is 11.3 Å². The van der Waals surface area contributed by atoms with Crippen molar-refractivity contribution in [3.05, 3.63) is 240 Å². The fourth-order valence-electron chi connectivity index (χ4n) is 8.09. The van der Waals surface area contributed by atoms with Crippen molar-refractivity contribution in [3.8, 4) is 0 Å². The molecule has 4 nitrogen and oxygen atoms in total. The highest BCUT2D eigenvalue weighted by Gasteiger charge is 2.61. The van der Waals surface area contributed by atoms with Crippen LogP contribution in [0.25, 0.3) is 21.5 Å². The van der Waals surface area contributed by atoms with E-state index in [0.29, 0.717) is 0 Å². The van der Waals surface area contributed by atoms with Crippen LogP contribution in [0.1, 0.15) is 33.4 Å². The Kier molecular flexibility index (Phi) is 7.55. The smallest absolute Gasteiger partial charge is 0.227 e. The first-order valence-corrected chi connectivity index (χ1v) is 18.3. The van der Waals surface area contributed by atoms with Crippen LogP contribution < -0.4 is 0 Å². The summed E-state index contributed by atoms with van der Waals surface area (Å²) in [4.78, 5) is 23.8. The number of rotatable bonds is 7. The summed E-state index contributed by atoms with van der Waals surface area (Å²) in [7, 11) is 0. The van der Waals surface area contributed by atoms with Gasteiger partial charge in [-0.3, -0.25) is 0 Å². The van der Waals surface area contributed by atoms with Gasteiger partial charge in [0.05, 0.1) is 22.8 Å². The van der Waals surface area contributed by atoms with Crippen LogP contribution in [-0.2, 0) is 11.3 Å². The zero-order chi connectivity index (χ0) is 36.0. The molecule has 8 aromatic rings. The molecule has 0 atom stereocenters. The van der Waals surface area contributed by atoms with Gasteiger partial charge in [0, 0.05) is 33.4 Å². The molecule has 0 saturated carbocycles. The zero-order valence-corrected chi connectivity index (χ0v) is 29.4. The Bertz CT molecular complexity index is 2480. The second-order valence-corrected chi connectivity index (χ2v) is 13.7. The molecule has 8 aromatic carbocycles. The summed E-state index contributed by atoms with van der Waals surface area (Å²) >= 11 is 0. The van der Waals surface area contributed by atoms with Crippen molar-refractivity contribution >= 4 is 44.4 Å². The first-order valence-electron chi connectivity index (χ1n) is 18.3. The molecular formula is C50H34N4. The Morgan fingerprint density at radius 1 is 0.241 bits per heavy atom. The Balaban J connectivity index is 1.43. The van der Waals surface area contributed by atoms with E-state index >= 15 is 0 Å². The normalized spacial score (nSPS) is 15.8. The quantitative estimate of drug-likeness (QED) is 0.160. The Morgan fingerprint density at radius 3 is 0.815 bits per heavy atom. The van der Waals surface area contributed by atoms with Gasteiger partial charge in [0.2, 0.25) is 11.3 Å². The van der Waals surface area contributed by atoms with Crippen molar-refractivity contribution in [2.45, 2.75) is 11.3 Å². The molecule has 2 aliphatic heterocycles. The number of hydrogen-bond acceptors (Lipinski definition) is 4. The van der Waals surface area contributed by atoms with Crippen molar-refractivity contribution in [3.63, 3.8) is 0 Å². The van der Waals surface area contributed by atoms with E-state index in [-0.39, 0.29) is 0 Å². The molecule has 54 heavy (non-hydrogen) atoms. The standard InChI is InChI=1S/C50H34N4/c1-5-21-37(22-6-1)45-46(38-23-7-2-8-24-38)52-49(51-45,43-33-17-29-35-19-13-15-31-41(35)43)50(44-34-18-30-36-20-14-16-32-42(36)44)53-47(39-25-9-3-10-26-39)48(54-50)40-27-11-4-12-28-40/h1-34H. The molecule has 0 N–H and O–H groups in total. The van der Waals surface area contributed by atoms with E-state index in [1.807, 2.05) is 24.3 Å². The summed E-state index contributed by atoms with van der Waals surface area (Å²) in [5, 5.41) is 4.29. The summed E-state index contributed by atoms with van der Waals surface area (Å²) in [6, 6.07) is 71.5. The van der Waals surface area contributed by atoms with Crippen LogP contribution in [0.5, 0.6) is 0 Å². The molecule has 254 valence electrons. The largest absolute Gasteiger partial charge is 0.243 e. The van der Waals surface area contributed by atoms with Gasteiger partial charge >= 0.3 is 0 Å². The number of aliphatic imine (C=N–C) groups is 4. The third kappa shape index (κ3) is 4.99. The molecule has 0 aromatic heterocycles. The van der Waals surface area contributed by atoms with Crippen molar-refractivity contribution in [2.75, 3.05) is 0 Å². The van der Waals surface area contributed by atoms with E-state index in [2.05, 4.69) is 182 Å². The lowest BCUT2D eigenvalue weighted by Crippen LogP contribution is -2.43. The number of hydrogen-bond donors (Lipinski definition) is 0. The van der Waals surface area contributed by atoms with Crippen LogP contribution in [0.2, 0.25) is 0 Å².